The van der Waals surface area contributed by atoms with Gasteiger partial charge in [-0.2, -0.15) is 0 Å². The van der Waals surface area contributed by atoms with Gasteiger partial charge in [0.2, 0.25) is 0 Å². The van der Waals surface area contributed by atoms with Gasteiger partial charge in [-0.15, -0.1) is 11.3 Å². The quantitative estimate of drug-likeness (QED) is 0.881. The van der Waals surface area contributed by atoms with Crippen molar-refractivity contribution < 1.29 is 18.3 Å². The van der Waals surface area contributed by atoms with Crippen LogP contribution in [0.2, 0.25) is 10.0 Å². The van der Waals surface area contributed by atoms with Crippen molar-refractivity contribution in [2.75, 3.05) is 4.72 Å². The highest BCUT2D eigenvalue weighted by Gasteiger charge is 2.19. The summed E-state index contributed by atoms with van der Waals surface area (Å²) >= 11 is 12.5. The molecular formula is C11H7Cl2NO4S2. The Labute approximate surface area is 128 Å². The van der Waals surface area contributed by atoms with Crippen molar-refractivity contribution in [3.63, 3.8) is 0 Å². The molecular weight excluding hydrogens is 345 g/mol. The molecule has 0 bridgehead atoms. The van der Waals surface area contributed by atoms with Gasteiger partial charge in [-0.3, -0.25) is 4.72 Å². The molecule has 2 N–H and O–H groups in total. The molecule has 0 atom stereocenters. The summed E-state index contributed by atoms with van der Waals surface area (Å²) in [6, 6.07) is 5.42. The highest BCUT2D eigenvalue weighted by molar-refractivity contribution is 7.92. The van der Waals surface area contributed by atoms with Gasteiger partial charge in [-0.1, -0.05) is 23.2 Å². The number of nitrogens with one attached hydrogen (secondary N) is 1. The summed E-state index contributed by atoms with van der Waals surface area (Å²) < 4.78 is 26.5. The van der Waals surface area contributed by atoms with Crippen LogP contribution < -0.4 is 4.72 Å². The molecule has 5 nitrogen and oxygen atoms in total. The van der Waals surface area contributed by atoms with Crippen LogP contribution in [0.5, 0.6) is 0 Å². The van der Waals surface area contributed by atoms with E-state index in [1.165, 1.54) is 23.6 Å². The number of halogens is 2. The van der Waals surface area contributed by atoms with Crippen LogP contribution in [0.1, 0.15) is 9.67 Å². The summed E-state index contributed by atoms with van der Waals surface area (Å²) in [5.41, 5.74) is 0.127. The van der Waals surface area contributed by atoms with Crippen molar-refractivity contribution >= 4 is 56.2 Å². The van der Waals surface area contributed by atoms with E-state index in [2.05, 4.69) is 4.72 Å². The third-order valence-electron chi connectivity index (χ3n) is 2.27. The maximum atomic E-state index is 12.1. The fourth-order valence-electron chi connectivity index (χ4n) is 1.35. The lowest BCUT2D eigenvalue weighted by atomic mass is 10.3. The van der Waals surface area contributed by atoms with E-state index in [-0.39, 0.29) is 20.5 Å². The van der Waals surface area contributed by atoms with E-state index in [1.807, 2.05) is 0 Å². The number of thiophene rings is 1. The van der Waals surface area contributed by atoms with Crippen LogP contribution in [-0.2, 0) is 10.0 Å². The second kappa shape index (κ2) is 5.61. The zero-order chi connectivity index (χ0) is 14.9. The van der Waals surface area contributed by atoms with E-state index in [9.17, 15) is 13.2 Å². The number of carboxylic acid groups (broad SMARTS) is 1. The van der Waals surface area contributed by atoms with Crippen LogP contribution in [0.4, 0.5) is 5.69 Å². The zero-order valence-electron chi connectivity index (χ0n) is 9.63. The van der Waals surface area contributed by atoms with Crippen LogP contribution in [0.25, 0.3) is 0 Å². The van der Waals surface area contributed by atoms with Gasteiger partial charge in [-0.25, -0.2) is 13.2 Å². The molecule has 0 spiro atoms. The molecule has 106 valence electrons. The first-order valence-corrected chi connectivity index (χ1v) is 8.21. The number of benzene rings is 1. The molecule has 1 heterocycles. The first kappa shape index (κ1) is 15.1. The molecule has 0 aliphatic heterocycles. The minimum Gasteiger partial charge on any atom is -0.477 e. The SMILES string of the molecule is O=C(O)c1cc(S(=O)(=O)Nc2cc(Cl)ccc2Cl)cs1. The third-order valence-corrected chi connectivity index (χ3v) is 5.25. The number of anilines is 1. The Kier molecular flexibility index (Phi) is 4.24. The van der Waals surface area contributed by atoms with Crippen molar-refractivity contribution in [3.05, 3.63) is 44.6 Å². The molecule has 0 aliphatic carbocycles. The van der Waals surface area contributed by atoms with Crippen LogP contribution in [-0.4, -0.2) is 19.5 Å². The van der Waals surface area contributed by atoms with E-state index >= 15 is 0 Å². The number of aromatic carboxylic acids is 1. The number of hydrogen-bond donors (Lipinski definition) is 2. The van der Waals surface area contributed by atoms with E-state index in [0.717, 1.165) is 17.4 Å². The molecule has 2 aromatic rings. The first-order chi connectivity index (χ1) is 9.29. The minimum atomic E-state index is -3.91. The summed E-state index contributed by atoms with van der Waals surface area (Å²) in [4.78, 5) is 10.5. The van der Waals surface area contributed by atoms with Crippen molar-refractivity contribution in [2.24, 2.45) is 0 Å². The van der Waals surface area contributed by atoms with Gasteiger partial charge < -0.3 is 5.11 Å². The number of carbonyl (C=O) groups is 1. The Hall–Kier alpha value is -1.28. The summed E-state index contributed by atoms with van der Waals surface area (Å²) in [6.45, 7) is 0. The predicted molar refractivity (Wildman–Crippen MR) is 78.5 cm³/mol. The average molecular weight is 352 g/mol. The van der Waals surface area contributed by atoms with Gasteiger partial charge in [0, 0.05) is 10.4 Å². The maximum Gasteiger partial charge on any atom is 0.345 e. The minimum absolute atomic E-state index is 0.0671. The molecule has 1 aromatic carbocycles. The van der Waals surface area contributed by atoms with Gasteiger partial charge in [0.05, 0.1) is 15.6 Å². The molecule has 0 saturated carbocycles. The third kappa shape index (κ3) is 3.24. The molecule has 0 saturated heterocycles. The van der Waals surface area contributed by atoms with Crippen LogP contribution in [0, 0.1) is 0 Å². The first-order valence-electron chi connectivity index (χ1n) is 5.09. The topological polar surface area (TPSA) is 83.5 Å². The van der Waals surface area contributed by atoms with Gasteiger partial charge in [0.25, 0.3) is 10.0 Å². The van der Waals surface area contributed by atoms with Gasteiger partial charge in [0.1, 0.15) is 4.88 Å². The van der Waals surface area contributed by atoms with Gasteiger partial charge >= 0.3 is 5.97 Å². The van der Waals surface area contributed by atoms with Crippen molar-refractivity contribution in [2.45, 2.75) is 4.90 Å². The van der Waals surface area contributed by atoms with Gasteiger partial charge in [0.15, 0.2) is 0 Å². The highest BCUT2D eigenvalue weighted by Crippen LogP contribution is 2.28. The fourth-order valence-corrected chi connectivity index (χ4v) is 3.93. The summed E-state index contributed by atoms with van der Waals surface area (Å²) in [6.07, 6.45) is 0. The summed E-state index contributed by atoms with van der Waals surface area (Å²) in [7, 11) is -3.91. The molecule has 1 aromatic heterocycles. The zero-order valence-corrected chi connectivity index (χ0v) is 12.8. The molecule has 0 amide bonds. The number of carboxylic acids is 1. The van der Waals surface area contributed by atoms with E-state index in [4.69, 9.17) is 28.3 Å². The number of hydrogen-bond acceptors (Lipinski definition) is 4. The molecule has 20 heavy (non-hydrogen) atoms. The molecule has 9 heteroatoms. The van der Waals surface area contributed by atoms with Crippen LogP contribution in [0.15, 0.2) is 34.5 Å². The lowest BCUT2D eigenvalue weighted by Crippen LogP contribution is -2.12. The largest absolute Gasteiger partial charge is 0.477 e. The molecule has 0 fully saturated rings. The molecule has 2 rings (SSSR count). The Bertz CT molecular complexity index is 770. The Morgan fingerprint density at radius 1 is 1.25 bits per heavy atom. The van der Waals surface area contributed by atoms with Crippen molar-refractivity contribution in [1.82, 2.24) is 0 Å². The number of sulfonamides is 1. The Balaban J connectivity index is 2.35. The summed E-state index contributed by atoms with van der Waals surface area (Å²) in [5, 5.41) is 10.5. The number of rotatable bonds is 4. The monoisotopic (exact) mass is 351 g/mol. The van der Waals surface area contributed by atoms with Crippen molar-refractivity contribution in [1.29, 1.82) is 0 Å². The summed E-state index contributed by atoms with van der Waals surface area (Å²) in [5.74, 6) is -1.18. The standard InChI is InChI=1S/C11H7Cl2NO4S2/c12-6-1-2-8(13)9(3-6)14-20(17,18)7-4-10(11(15)16)19-5-7/h1-5,14H,(H,15,16). The Morgan fingerprint density at radius 3 is 2.55 bits per heavy atom. The lowest BCUT2D eigenvalue weighted by Gasteiger charge is -2.08. The second-order valence-electron chi connectivity index (χ2n) is 3.68. The average Bonchev–Trinajstić information content (AvgIpc) is 2.84. The smallest absolute Gasteiger partial charge is 0.345 e. The van der Waals surface area contributed by atoms with E-state index in [0.29, 0.717) is 5.02 Å². The Morgan fingerprint density at radius 2 is 1.95 bits per heavy atom. The van der Waals surface area contributed by atoms with Crippen LogP contribution >= 0.6 is 34.5 Å². The fraction of sp³-hybridized carbons (Fsp3) is 0. The molecule has 0 unspecified atom stereocenters. The lowest BCUT2D eigenvalue weighted by molar-refractivity contribution is 0.0702. The van der Waals surface area contributed by atoms with E-state index in [1.54, 1.807) is 0 Å². The highest BCUT2D eigenvalue weighted by atomic mass is 35.5. The van der Waals surface area contributed by atoms with E-state index < -0.39 is 16.0 Å². The van der Waals surface area contributed by atoms with Crippen molar-refractivity contribution in [3.8, 4) is 0 Å². The molecule has 0 aliphatic rings. The van der Waals surface area contributed by atoms with Crippen LogP contribution in [0.3, 0.4) is 0 Å². The second-order valence-corrected chi connectivity index (χ2v) is 7.12. The predicted octanol–water partition coefficient (Wildman–Crippen LogP) is 3.55. The molecule has 0 radical (unpaired) electrons. The normalized spacial score (nSPS) is 11.3. The maximum absolute atomic E-state index is 12.1. The van der Waals surface area contributed by atoms with Gasteiger partial charge in [-0.05, 0) is 24.3 Å².